The molecule has 44 heavy (non-hydrogen) atoms. The van der Waals surface area contributed by atoms with Gasteiger partial charge in [0.15, 0.2) is 11.6 Å². The molecule has 0 aliphatic heterocycles. The van der Waals surface area contributed by atoms with E-state index in [-0.39, 0.29) is 0 Å². The molecule has 0 bridgehead atoms. The molecule has 0 aliphatic carbocycles. The van der Waals surface area contributed by atoms with E-state index >= 15 is 0 Å². The smallest absolute Gasteiger partial charge is 0.238 e. The zero-order valence-electron chi connectivity index (χ0n) is 23.6. The largest absolute Gasteiger partial charge is 0.276 e. The highest BCUT2D eigenvalue weighted by molar-refractivity contribution is 7.26. The molecule has 206 valence electrons. The molecule has 9 rings (SSSR count). The monoisotopic (exact) mass is 580 g/mol. The Bertz CT molecular complexity index is 2420. The Labute approximate surface area is 257 Å². The predicted octanol–water partition coefficient (Wildman–Crippen LogP) is 10.3. The van der Waals surface area contributed by atoms with E-state index in [1.807, 2.05) is 47.7 Å². The Morgan fingerprint density at radius 1 is 0.455 bits per heavy atom. The number of benzene rings is 6. The van der Waals surface area contributed by atoms with Crippen molar-refractivity contribution in [3.63, 3.8) is 0 Å². The summed E-state index contributed by atoms with van der Waals surface area (Å²) in [4.78, 5) is 15.2. The number of nitrogens with zero attached hydrogens (tertiary/aromatic N) is 4. The second-order valence-electron chi connectivity index (χ2n) is 10.9. The lowest BCUT2D eigenvalue weighted by atomic mass is 9.99. The zero-order valence-corrected chi connectivity index (χ0v) is 24.4. The lowest BCUT2D eigenvalue weighted by Crippen LogP contribution is -2.06. The minimum absolute atomic E-state index is 0.608. The summed E-state index contributed by atoms with van der Waals surface area (Å²) in [6.45, 7) is 0. The van der Waals surface area contributed by atoms with Gasteiger partial charge in [0, 0.05) is 37.4 Å². The number of para-hydroxylation sites is 1. The average Bonchev–Trinajstić information content (AvgIpc) is 3.65. The topological polar surface area (TPSA) is 43.6 Å². The summed E-state index contributed by atoms with van der Waals surface area (Å²) in [5.74, 6) is 1.91. The summed E-state index contributed by atoms with van der Waals surface area (Å²) in [6, 6.07) is 50.7. The molecule has 0 atom stereocenters. The molecule has 5 heteroatoms. The van der Waals surface area contributed by atoms with E-state index in [0.29, 0.717) is 17.6 Å². The van der Waals surface area contributed by atoms with Gasteiger partial charge in [-0.2, -0.15) is 9.97 Å². The Kier molecular flexibility index (Phi) is 5.64. The average molecular weight is 581 g/mol. The first-order valence-electron chi connectivity index (χ1n) is 14.6. The van der Waals surface area contributed by atoms with Gasteiger partial charge in [0.2, 0.25) is 5.95 Å². The molecule has 0 N–H and O–H groups in total. The molecule has 3 aromatic heterocycles. The summed E-state index contributed by atoms with van der Waals surface area (Å²) in [5, 5.41) is 4.88. The molecular weight excluding hydrogens is 557 g/mol. The van der Waals surface area contributed by atoms with Crippen molar-refractivity contribution in [2.45, 2.75) is 0 Å². The van der Waals surface area contributed by atoms with Crippen LogP contribution in [0.15, 0.2) is 146 Å². The van der Waals surface area contributed by atoms with Gasteiger partial charge in [0.1, 0.15) is 0 Å². The number of hydrogen-bond acceptors (Lipinski definition) is 4. The third kappa shape index (κ3) is 3.87. The van der Waals surface area contributed by atoms with Gasteiger partial charge < -0.3 is 0 Å². The van der Waals surface area contributed by atoms with Crippen LogP contribution in [-0.4, -0.2) is 19.5 Å². The Hall–Kier alpha value is -5.65. The highest BCUT2D eigenvalue weighted by atomic mass is 32.1. The maximum atomic E-state index is 5.14. The fourth-order valence-corrected chi connectivity index (χ4v) is 7.56. The number of fused-ring (bicyclic) bond motifs is 7. The van der Waals surface area contributed by atoms with E-state index in [1.165, 1.54) is 42.1 Å². The highest BCUT2D eigenvalue weighted by Crippen LogP contribution is 2.45. The number of hydrogen-bond donors (Lipinski definition) is 0. The van der Waals surface area contributed by atoms with Crippen molar-refractivity contribution in [2.75, 3.05) is 0 Å². The molecule has 0 saturated carbocycles. The summed E-state index contributed by atoms with van der Waals surface area (Å²) >= 11 is 1.83. The van der Waals surface area contributed by atoms with Crippen molar-refractivity contribution in [3.05, 3.63) is 146 Å². The van der Waals surface area contributed by atoms with Crippen molar-refractivity contribution in [1.29, 1.82) is 0 Å². The van der Waals surface area contributed by atoms with Crippen LogP contribution in [0.5, 0.6) is 0 Å². The molecule has 0 saturated heterocycles. The third-order valence-electron chi connectivity index (χ3n) is 8.27. The standard InChI is InChI=1S/C39H24N4S/c1-4-13-25(14-5-1)28-20-12-22-33-34(28)31-24-23-30-29-19-10-11-21-32(29)43(35(30)36(31)44-33)39-41-37(26-15-6-2-7-16-26)40-38(42-39)27-17-8-3-9-18-27/h1-24H. The molecule has 0 radical (unpaired) electrons. The Morgan fingerprint density at radius 3 is 1.73 bits per heavy atom. The van der Waals surface area contributed by atoms with Gasteiger partial charge >= 0.3 is 0 Å². The maximum absolute atomic E-state index is 5.14. The first-order chi connectivity index (χ1) is 21.8. The lowest BCUT2D eigenvalue weighted by molar-refractivity contribution is 0.955. The third-order valence-corrected chi connectivity index (χ3v) is 9.45. The zero-order chi connectivity index (χ0) is 29.0. The van der Waals surface area contributed by atoms with Gasteiger partial charge in [-0.25, -0.2) is 4.98 Å². The first-order valence-corrected chi connectivity index (χ1v) is 15.5. The van der Waals surface area contributed by atoms with E-state index in [2.05, 4.69) is 114 Å². The maximum Gasteiger partial charge on any atom is 0.238 e. The van der Waals surface area contributed by atoms with Crippen LogP contribution in [-0.2, 0) is 0 Å². The van der Waals surface area contributed by atoms with Gasteiger partial charge in [0.25, 0.3) is 0 Å². The Balaban J connectivity index is 1.41. The van der Waals surface area contributed by atoms with Gasteiger partial charge in [-0.3, -0.25) is 4.57 Å². The van der Waals surface area contributed by atoms with Gasteiger partial charge in [-0.05, 0) is 23.3 Å². The van der Waals surface area contributed by atoms with Crippen molar-refractivity contribution >= 4 is 53.3 Å². The van der Waals surface area contributed by atoms with E-state index in [0.717, 1.165) is 22.2 Å². The second-order valence-corrected chi connectivity index (χ2v) is 11.9. The van der Waals surface area contributed by atoms with Crippen LogP contribution >= 0.6 is 11.3 Å². The molecule has 0 spiro atoms. The highest BCUT2D eigenvalue weighted by Gasteiger charge is 2.21. The van der Waals surface area contributed by atoms with Crippen LogP contribution in [0.2, 0.25) is 0 Å². The molecule has 0 amide bonds. The summed E-state index contributed by atoms with van der Waals surface area (Å²) in [5.41, 5.74) is 6.56. The van der Waals surface area contributed by atoms with Crippen LogP contribution in [0, 0.1) is 0 Å². The second kappa shape index (κ2) is 9.97. The van der Waals surface area contributed by atoms with Crippen LogP contribution in [0.25, 0.3) is 81.8 Å². The van der Waals surface area contributed by atoms with Gasteiger partial charge in [-0.1, -0.05) is 133 Å². The lowest BCUT2D eigenvalue weighted by Gasteiger charge is -2.11. The van der Waals surface area contributed by atoms with E-state index in [4.69, 9.17) is 15.0 Å². The number of rotatable bonds is 4. The summed E-state index contributed by atoms with van der Waals surface area (Å²) in [7, 11) is 0. The van der Waals surface area contributed by atoms with E-state index in [9.17, 15) is 0 Å². The molecule has 0 unspecified atom stereocenters. The fraction of sp³-hybridized carbons (Fsp3) is 0. The summed E-state index contributed by atoms with van der Waals surface area (Å²) in [6.07, 6.45) is 0. The molecule has 3 heterocycles. The minimum atomic E-state index is 0.608. The molecule has 0 aliphatic rings. The van der Waals surface area contributed by atoms with Gasteiger partial charge in [-0.15, -0.1) is 11.3 Å². The van der Waals surface area contributed by atoms with Crippen LogP contribution in [0.4, 0.5) is 0 Å². The molecular formula is C39H24N4S. The molecule has 9 aromatic rings. The van der Waals surface area contributed by atoms with Crippen LogP contribution in [0.1, 0.15) is 0 Å². The van der Waals surface area contributed by atoms with Crippen LogP contribution < -0.4 is 0 Å². The van der Waals surface area contributed by atoms with Crippen molar-refractivity contribution in [1.82, 2.24) is 19.5 Å². The van der Waals surface area contributed by atoms with E-state index in [1.54, 1.807) is 0 Å². The Morgan fingerprint density at radius 2 is 1.05 bits per heavy atom. The van der Waals surface area contributed by atoms with E-state index < -0.39 is 0 Å². The van der Waals surface area contributed by atoms with Crippen molar-refractivity contribution in [2.24, 2.45) is 0 Å². The summed E-state index contributed by atoms with van der Waals surface area (Å²) < 4.78 is 4.72. The fourth-order valence-electron chi connectivity index (χ4n) is 6.29. The van der Waals surface area contributed by atoms with Crippen LogP contribution in [0.3, 0.4) is 0 Å². The predicted molar refractivity (Wildman–Crippen MR) is 183 cm³/mol. The first kappa shape index (κ1) is 24.9. The quantitative estimate of drug-likeness (QED) is 0.208. The molecule has 0 fully saturated rings. The van der Waals surface area contributed by atoms with Gasteiger partial charge in [0.05, 0.1) is 15.7 Å². The number of aromatic nitrogens is 4. The molecule has 4 nitrogen and oxygen atoms in total. The normalized spacial score (nSPS) is 11.6. The minimum Gasteiger partial charge on any atom is -0.276 e. The SMILES string of the molecule is c1ccc(-c2nc(-c3ccccc3)nc(-n3c4ccccc4c4ccc5c(sc6cccc(-c7ccccc7)c65)c43)n2)cc1. The van der Waals surface area contributed by atoms with Crippen molar-refractivity contribution in [3.8, 4) is 39.9 Å². The molecule has 6 aromatic carbocycles. The number of thiophene rings is 1. The van der Waals surface area contributed by atoms with Crippen molar-refractivity contribution < 1.29 is 0 Å².